The molecule has 5 heteroatoms. The Bertz CT molecular complexity index is 676. The summed E-state index contributed by atoms with van der Waals surface area (Å²) in [5, 5.41) is 15.0. The summed E-state index contributed by atoms with van der Waals surface area (Å²) in [5.74, 6) is 2.69. The molecule has 20 heavy (non-hydrogen) atoms. The summed E-state index contributed by atoms with van der Waals surface area (Å²) in [6, 6.07) is 6.60. The smallest absolute Gasteiger partial charge is 0.295 e. The van der Waals surface area contributed by atoms with E-state index in [1.807, 2.05) is 0 Å². The van der Waals surface area contributed by atoms with E-state index < -0.39 is 4.92 Å². The van der Waals surface area contributed by atoms with Crippen molar-refractivity contribution in [1.29, 1.82) is 0 Å². The Labute approximate surface area is 117 Å². The lowest BCUT2D eigenvalue weighted by Crippen LogP contribution is -2.17. The highest BCUT2D eigenvalue weighted by Gasteiger charge is 2.16. The van der Waals surface area contributed by atoms with Crippen molar-refractivity contribution < 1.29 is 4.92 Å². The van der Waals surface area contributed by atoms with E-state index in [1.165, 1.54) is 6.07 Å². The van der Waals surface area contributed by atoms with Crippen LogP contribution in [0.25, 0.3) is 10.9 Å². The first-order valence-electron chi connectivity index (χ1n) is 6.42. The van der Waals surface area contributed by atoms with Gasteiger partial charge in [-0.2, -0.15) is 0 Å². The Morgan fingerprint density at radius 3 is 2.95 bits per heavy atom. The molecule has 0 saturated heterocycles. The molecule has 0 aliphatic carbocycles. The summed E-state index contributed by atoms with van der Waals surface area (Å²) in [6.45, 7) is 2.06. The second kappa shape index (κ2) is 6.02. The van der Waals surface area contributed by atoms with E-state index >= 15 is 0 Å². The molecule has 2 rings (SSSR count). The van der Waals surface area contributed by atoms with Crippen LogP contribution in [0.5, 0.6) is 0 Å². The SMILES string of the molecule is C#CC(CCC)Nc1ccc([N+](=O)[O-])c2ncccc12. The third-order valence-corrected chi connectivity index (χ3v) is 3.05. The third-order valence-electron chi connectivity index (χ3n) is 3.05. The Morgan fingerprint density at radius 1 is 1.50 bits per heavy atom. The summed E-state index contributed by atoms with van der Waals surface area (Å²) in [7, 11) is 0. The zero-order chi connectivity index (χ0) is 14.5. The zero-order valence-corrected chi connectivity index (χ0v) is 11.2. The predicted octanol–water partition coefficient (Wildman–Crippen LogP) is 3.36. The second-order valence-corrected chi connectivity index (χ2v) is 4.44. The average Bonchev–Trinajstić information content (AvgIpc) is 2.46. The highest BCUT2D eigenvalue weighted by Crippen LogP contribution is 2.30. The minimum atomic E-state index is -0.427. The number of nitro groups is 1. The van der Waals surface area contributed by atoms with Gasteiger partial charge in [0.05, 0.1) is 11.0 Å². The molecule has 0 saturated carbocycles. The van der Waals surface area contributed by atoms with Crippen molar-refractivity contribution in [2.24, 2.45) is 0 Å². The fourth-order valence-corrected chi connectivity index (χ4v) is 2.10. The molecule has 0 amide bonds. The molecule has 0 aliphatic heterocycles. The monoisotopic (exact) mass is 269 g/mol. The standard InChI is InChI=1S/C15H15N3O2/c1-3-6-11(4-2)17-13-8-9-14(18(19)20)15-12(13)7-5-10-16-15/h2,5,7-11,17H,3,6H2,1H3. The average molecular weight is 269 g/mol. The molecular formula is C15H15N3O2. The van der Waals surface area contributed by atoms with Crippen LogP contribution in [0.2, 0.25) is 0 Å². The van der Waals surface area contributed by atoms with Gasteiger partial charge in [-0.3, -0.25) is 10.1 Å². The number of aromatic nitrogens is 1. The van der Waals surface area contributed by atoms with Crippen LogP contribution in [0, 0.1) is 22.5 Å². The van der Waals surface area contributed by atoms with Gasteiger partial charge >= 0.3 is 0 Å². The molecule has 1 heterocycles. The number of nitrogens with one attached hydrogen (secondary N) is 1. The first-order valence-corrected chi connectivity index (χ1v) is 6.42. The van der Waals surface area contributed by atoms with E-state index in [-0.39, 0.29) is 11.7 Å². The summed E-state index contributed by atoms with van der Waals surface area (Å²) in [4.78, 5) is 14.7. The molecule has 2 aromatic rings. The lowest BCUT2D eigenvalue weighted by atomic mass is 10.1. The molecular weight excluding hydrogens is 254 g/mol. The normalized spacial score (nSPS) is 11.8. The largest absolute Gasteiger partial charge is 0.371 e. The summed E-state index contributed by atoms with van der Waals surface area (Å²) >= 11 is 0. The highest BCUT2D eigenvalue weighted by molar-refractivity contribution is 5.97. The third kappa shape index (κ3) is 2.69. The van der Waals surface area contributed by atoms with Gasteiger partial charge in [0.1, 0.15) is 5.52 Å². The van der Waals surface area contributed by atoms with Crippen molar-refractivity contribution in [3.63, 3.8) is 0 Å². The first kappa shape index (κ1) is 13.8. The van der Waals surface area contributed by atoms with Crippen LogP contribution in [0.15, 0.2) is 30.5 Å². The van der Waals surface area contributed by atoms with E-state index in [2.05, 4.69) is 23.1 Å². The number of terminal acetylenes is 1. The molecule has 0 aliphatic rings. The molecule has 0 radical (unpaired) electrons. The Balaban J connectivity index is 2.48. The van der Waals surface area contributed by atoms with Crippen LogP contribution < -0.4 is 5.32 Å². The first-order chi connectivity index (χ1) is 9.67. The molecule has 1 N–H and O–H groups in total. The topological polar surface area (TPSA) is 68.1 Å². The second-order valence-electron chi connectivity index (χ2n) is 4.44. The minimum absolute atomic E-state index is 0.00102. The van der Waals surface area contributed by atoms with E-state index in [0.717, 1.165) is 18.5 Å². The maximum Gasteiger partial charge on any atom is 0.295 e. The van der Waals surface area contributed by atoms with Gasteiger partial charge in [0, 0.05) is 23.3 Å². The zero-order valence-electron chi connectivity index (χ0n) is 11.2. The minimum Gasteiger partial charge on any atom is -0.371 e. The number of rotatable bonds is 5. The van der Waals surface area contributed by atoms with Crippen LogP contribution >= 0.6 is 0 Å². The van der Waals surface area contributed by atoms with E-state index in [0.29, 0.717) is 10.9 Å². The number of hydrogen-bond acceptors (Lipinski definition) is 4. The molecule has 0 fully saturated rings. The number of pyridine rings is 1. The molecule has 1 aromatic carbocycles. The Morgan fingerprint density at radius 2 is 2.30 bits per heavy atom. The van der Waals surface area contributed by atoms with Crippen molar-refractivity contribution in [3.8, 4) is 12.3 Å². The van der Waals surface area contributed by atoms with E-state index in [1.54, 1.807) is 24.4 Å². The van der Waals surface area contributed by atoms with Crippen molar-refractivity contribution >= 4 is 22.3 Å². The Hall–Kier alpha value is -2.61. The van der Waals surface area contributed by atoms with Gasteiger partial charge in [-0.25, -0.2) is 4.98 Å². The van der Waals surface area contributed by atoms with E-state index in [9.17, 15) is 10.1 Å². The number of nitro benzene ring substituents is 1. The molecule has 1 atom stereocenters. The number of fused-ring (bicyclic) bond motifs is 1. The fraction of sp³-hybridized carbons (Fsp3) is 0.267. The van der Waals surface area contributed by atoms with Gasteiger partial charge < -0.3 is 5.32 Å². The van der Waals surface area contributed by atoms with Crippen molar-refractivity contribution in [2.45, 2.75) is 25.8 Å². The predicted molar refractivity (Wildman–Crippen MR) is 79.5 cm³/mol. The van der Waals surface area contributed by atoms with Gasteiger partial charge in [0.2, 0.25) is 0 Å². The van der Waals surface area contributed by atoms with Crippen molar-refractivity contribution in [2.75, 3.05) is 5.32 Å². The van der Waals surface area contributed by atoms with Gasteiger partial charge in [-0.15, -0.1) is 6.42 Å². The number of non-ortho nitro benzene ring substituents is 1. The molecule has 1 aromatic heterocycles. The van der Waals surface area contributed by atoms with E-state index in [4.69, 9.17) is 6.42 Å². The lowest BCUT2D eigenvalue weighted by Gasteiger charge is -2.15. The van der Waals surface area contributed by atoms with Gasteiger partial charge in [0.25, 0.3) is 5.69 Å². The number of hydrogen-bond donors (Lipinski definition) is 1. The highest BCUT2D eigenvalue weighted by atomic mass is 16.6. The molecule has 102 valence electrons. The van der Waals surface area contributed by atoms with Crippen LogP contribution in [0.3, 0.4) is 0 Å². The fourth-order valence-electron chi connectivity index (χ4n) is 2.10. The van der Waals surface area contributed by atoms with Crippen LogP contribution in [0.1, 0.15) is 19.8 Å². The molecule has 0 bridgehead atoms. The Kier molecular flexibility index (Phi) is 4.16. The van der Waals surface area contributed by atoms with Gasteiger partial charge in [-0.05, 0) is 24.6 Å². The van der Waals surface area contributed by atoms with Crippen molar-refractivity contribution in [3.05, 3.63) is 40.6 Å². The maximum absolute atomic E-state index is 11.0. The molecule has 5 nitrogen and oxygen atoms in total. The molecule has 1 unspecified atom stereocenters. The van der Waals surface area contributed by atoms with Crippen LogP contribution in [-0.2, 0) is 0 Å². The molecule has 0 spiro atoms. The van der Waals surface area contributed by atoms with Crippen LogP contribution in [0.4, 0.5) is 11.4 Å². The van der Waals surface area contributed by atoms with Gasteiger partial charge in [-0.1, -0.05) is 19.3 Å². The number of anilines is 1. The maximum atomic E-state index is 11.0. The quantitative estimate of drug-likeness (QED) is 0.513. The lowest BCUT2D eigenvalue weighted by molar-refractivity contribution is -0.383. The number of nitrogens with zero attached hydrogens (tertiary/aromatic N) is 2. The van der Waals surface area contributed by atoms with Crippen molar-refractivity contribution in [1.82, 2.24) is 4.98 Å². The summed E-state index contributed by atoms with van der Waals surface area (Å²) in [6.07, 6.45) is 8.84. The summed E-state index contributed by atoms with van der Waals surface area (Å²) < 4.78 is 0. The summed E-state index contributed by atoms with van der Waals surface area (Å²) in [5.41, 5.74) is 1.14. The van der Waals surface area contributed by atoms with Crippen LogP contribution in [-0.4, -0.2) is 15.9 Å². The number of benzene rings is 1. The van der Waals surface area contributed by atoms with Gasteiger partial charge in [0.15, 0.2) is 0 Å².